The van der Waals surface area contributed by atoms with Crippen molar-refractivity contribution in [3.05, 3.63) is 52.9 Å². The second-order valence-corrected chi connectivity index (χ2v) is 7.52. The van der Waals surface area contributed by atoms with E-state index in [0.29, 0.717) is 28.2 Å². The summed E-state index contributed by atoms with van der Waals surface area (Å²) in [5.41, 5.74) is 0.871. The first-order chi connectivity index (χ1) is 15.9. The first-order valence-electron chi connectivity index (χ1n) is 10.1. The minimum absolute atomic E-state index is 0.274. The smallest absolute Gasteiger partial charge is 0.229 e. The first-order valence-corrected chi connectivity index (χ1v) is 10.1. The van der Waals surface area contributed by atoms with E-state index in [2.05, 4.69) is 0 Å². The van der Waals surface area contributed by atoms with E-state index >= 15 is 0 Å². The van der Waals surface area contributed by atoms with Gasteiger partial charge in [-0.25, -0.2) is 0 Å². The number of hydrogen-bond acceptors (Lipinski definition) is 10. The molecule has 2 aromatic carbocycles. The van der Waals surface area contributed by atoms with Gasteiger partial charge in [-0.15, -0.1) is 0 Å². The molecule has 0 unspecified atom stereocenters. The molecule has 1 saturated heterocycles. The SMILES string of the molecule is COc1cc(OC)c2c(=O)c(-c3ccc(O[C@H]4O[C@H](CO)[C@@H](O)[C@H](O)[C@H]4O)cc3)coc2c1. The summed E-state index contributed by atoms with van der Waals surface area (Å²) in [7, 11) is 2.95. The topological polar surface area (TPSA) is 148 Å². The lowest BCUT2D eigenvalue weighted by atomic mass is 9.99. The average Bonchev–Trinajstić information content (AvgIpc) is 2.84. The highest BCUT2D eigenvalue weighted by atomic mass is 16.7. The lowest BCUT2D eigenvalue weighted by Crippen LogP contribution is -2.60. The van der Waals surface area contributed by atoms with Crippen LogP contribution in [0.2, 0.25) is 0 Å². The van der Waals surface area contributed by atoms with Gasteiger partial charge in [0, 0.05) is 12.1 Å². The van der Waals surface area contributed by atoms with Gasteiger partial charge in [-0.3, -0.25) is 4.79 Å². The summed E-state index contributed by atoms with van der Waals surface area (Å²) in [5, 5.41) is 39.5. The Bertz CT molecular complexity index is 1170. The molecule has 176 valence electrons. The molecule has 3 aromatic rings. The maximum atomic E-state index is 13.1. The van der Waals surface area contributed by atoms with Crippen molar-refractivity contribution in [1.82, 2.24) is 0 Å². The van der Waals surface area contributed by atoms with Crippen LogP contribution < -0.4 is 19.6 Å². The number of fused-ring (bicyclic) bond motifs is 1. The van der Waals surface area contributed by atoms with Gasteiger partial charge in [0.25, 0.3) is 0 Å². The van der Waals surface area contributed by atoms with Gasteiger partial charge in [-0.05, 0) is 17.7 Å². The molecule has 5 atom stereocenters. The Morgan fingerprint density at radius 3 is 2.30 bits per heavy atom. The largest absolute Gasteiger partial charge is 0.496 e. The van der Waals surface area contributed by atoms with Crippen molar-refractivity contribution in [3.63, 3.8) is 0 Å². The van der Waals surface area contributed by atoms with Crippen LogP contribution in [0.4, 0.5) is 0 Å². The Kier molecular flexibility index (Phi) is 6.54. The van der Waals surface area contributed by atoms with Crippen molar-refractivity contribution < 1.29 is 43.8 Å². The molecule has 1 aliphatic heterocycles. The number of aliphatic hydroxyl groups is 4. The van der Waals surface area contributed by atoms with E-state index in [1.165, 1.54) is 20.5 Å². The summed E-state index contributed by atoms with van der Waals surface area (Å²) in [6, 6.07) is 9.53. The van der Waals surface area contributed by atoms with Crippen LogP contribution in [0.1, 0.15) is 0 Å². The zero-order valence-electron chi connectivity index (χ0n) is 17.9. The van der Waals surface area contributed by atoms with E-state index in [0.717, 1.165) is 0 Å². The monoisotopic (exact) mass is 460 g/mol. The third kappa shape index (κ3) is 4.26. The minimum Gasteiger partial charge on any atom is -0.496 e. The molecule has 1 aliphatic rings. The lowest BCUT2D eigenvalue weighted by Gasteiger charge is -2.39. The van der Waals surface area contributed by atoms with Crippen LogP contribution >= 0.6 is 0 Å². The second kappa shape index (κ2) is 9.38. The van der Waals surface area contributed by atoms with Crippen molar-refractivity contribution in [2.45, 2.75) is 30.7 Å². The number of rotatable bonds is 6. The molecular weight excluding hydrogens is 436 g/mol. The van der Waals surface area contributed by atoms with Crippen LogP contribution in [0.3, 0.4) is 0 Å². The van der Waals surface area contributed by atoms with Crippen LogP contribution in [0.25, 0.3) is 22.1 Å². The summed E-state index contributed by atoms with van der Waals surface area (Å²) >= 11 is 0. The number of aliphatic hydroxyl groups excluding tert-OH is 4. The van der Waals surface area contributed by atoms with Crippen molar-refractivity contribution in [1.29, 1.82) is 0 Å². The van der Waals surface area contributed by atoms with Gasteiger partial charge in [-0.2, -0.15) is 0 Å². The fourth-order valence-corrected chi connectivity index (χ4v) is 3.68. The van der Waals surface area contributed by atoms with Gasteiger partial charge >= 0.3 is 0 Å². The molecule has 1 aromatic heterocycles. The molecular formula is C23H24O10. The predicted octanol–water partition coefficient (Wildman–Crippen LogP) is 0.656. The Morgan fingerprint density at radius 2 is 1.67 bits per heavy atom. The number of methoxy groups -OCH3 is 2. The highest BCUT2D eigenvalue weighted by Gasteiger charge is 2.44. The Balaban J connectivity index is 1.61. The second-order valence-electron chi connectivity index (χ2n) is 7.52. The molecule has 0 amide bonds. The van der Waals surface area contributed by atoms with Gasteiger partial charge in [0.1, 0.15) is 58.9 Å². The fraction of sp³-hybridized carbons (Fsp3) is 0.348. The summed E-state index contributed by atoms with van der Waals surface area (Å²) in [5.74, 6) is 1.09. The maximum Gasteiger partial charge on any atom is 0.229 e. The molecule has 0 bridgehead atoms. The maximum absolute atomic E-state index is 13.1. The lowest BCUT2D eigenvalue weighted by molar-refractivity contribution is -0.277. The summed E-state index contributed by atoms with van der Waals surface area (Å²) in [6.07, 6.45) is -5.59. The van der Waals surface area contributed by atoms with E-state index in [-0.39, 0.29) is 16.6 Å². The number of benzene rings is 2. The molecule has 33 heavy (non-hydrogen) atoms. The summed E-state index contributed by atoms with van der Waals surface area (Å²) < 4.78 is 27.1. The quantitative estimate of drug-likeness (QED) is 0.413. The zero-order chi connectivity index (χ0) is 23.7. The molecule has 0 spiro atoms. The molecule has 10 heteroatoms. The molecule has 0 radical (unpaired) electrons. The van der Waals surface area contributed by atoms with Gasteiger partial charge in [0.15, 0.2) is 0 Å². The van der Waals surface area contributed by atoms with Crippen LogP contribution in [0, 0.1) is 0 Å². The van der Waals surface area contributed by atoms with Crippen LogP contribution in [-0.2, 0) is 4.74 Å². The molecule has 1 fully saturated rings. The van der Waals surface area contributed by atoms with Crippen LogP contribution in [0.15, 0.2) is 51.9 Å². The molecule has 0 aliphatic carbocycles. The van der Waals surface area contributed by atoms with Crippen molar-refractivity contribution >= 4 is 11.0 Å². The zero-order valence-corrected chi connectivity index (χ0v) is 17.9. The van der Waals surface area contributed by atoms with Crippen molar-refractivity contribution in [2.75, 3.05) is 20.8 Å². The third-order valence-corrected chi connectivity index (χ3v) is 5.54. The van der Waals surface area contributed by atoms with E-state index in [1.54, 1.807) is 36.4 Å². The summed E-state index contributed by atoms with van der Waals surface area (Å²) in [6.45, 7) is -0.559. The number of hydrogen-bond donors (Lipinski definition) is 4. The van der Waals surface area contributed by atoms with E-state index in [9.17, 15) is 25.2 Å². The minimum atomic E-state index is -1.55. The van der Waals surface area contributed by atoms with Crippen LogP contribution in [-0.4, -0.2) is 72.0 Å². The van der Waals surface area contributed by atoms with E-state index in [1.807, 2.05) is 0 Å². The molecule has 10 nitrogen and oxygen atoms in total. The standard InChI is InChI=1S/C23H24O10/c1-29-13-7-15(30-2)18-16(8-13)31-10-14(19(18)25)11-3-5-12(6-4-11)32-23-22(28)21(27)20(26)17(9-24)33-23/h3-8,10,17,20-24,26-28H,9H2,1-2H3/t17-,20-,21+,22-,23+/m1/s1. The Morgan fingerprint density at radius 1 is 0.939 bits per heavy atom. The summed E-state index contributed by atoms with van der Waals surface area (Å²) in [4.78, 5) is 13.1. The highest BCUT2D eigenvalue weighted by molar-refractivity contribution is 5.88. The molecule has 4 rings (SSSR count). The molecule has 4 N–H and O–H groups in total. The normalized spacial score (nSPS) is 25.1. The van der Waals surface area contributed by atoms with Gasteiger partial charge < -0.3 is 43.8 Å². The van der Waals surface area contributed by atoms with Gasteiger partial charge in [-0.1, -0.05) is 12.1 Å². The van der Waals surface area contributed by atoms with E-state index < -0.39 is 37.3 Å². The number of ether oxygens (including phenoxy) is 4. The van der Waals surface area contributed by atoms with Crippen LogP contribution in [0.5, 0.6) is 17.2 Å². The fourth-order valence-electron chi connectivity index (χ4n) is 3.68. The molecule has 0 saturated carbocycles. The average molecular weight is 460 g/mol. The van der Waals surface area contributed by atoms with Gasteiger partial charge in [0.2, 0.25) is 11.7 Å². The Hall–Kier alpha value is -3.15. The third-order valence-electron chi connectivity index (χ3n) is 5.54. The van der Waals surface area contributed by atoms with Crippen molar-refractivity contribution in [2.24, 2.45) is 0 Å². The van der Waals surface area contributed by atoms with E-state index in [4.69, 9.17) is 23.4 Å². The first kappa shape index (κ1) is 23.0. The Labute approximate surface area is 188 Å². The molecule has 2 heterocycles. The predicted molar refractivity (Wildman–Crippen MR) is 115 cm³/mol. The van der Waals surface area contributed by atoms with Crippen molar-refractivity contribution in [3.8, 4) is 28.4 Å². The highest BCUT2D eigenvalue weighted by Crippen LogP contribution is 2.32. The van der Waals surface area contributed by atoms with Gasteiger partial charge in [0.05, 0.1) is 26.4 Å².